The third-order valence-electron chi connectivity index (χ3n) is 6.98. The molecule has 0 saturated carbocycles. The van der Waals surface area contributed by atoms with E-state index in [2.05, 4.69) is 56.4 Å². The molecule has 0 amide bonds. The molecule has 5 nitrogen and oxygen atoms in total. The molecule has 3 unspecified atom stereocenters. The Morgan fingerprint density at radius 1 is 1.09 bits per heavy atom. The second kappa shape index (κ2) is 16.9. The molecule has 3 atom stereocenters. The third kappa shape index (κ3) is 10.9. The lowest BCUT2D eigenvalue weighted by Gasteiger charge is -2.38. The van der Waals surface area contributed by atoms with E-state index in [9.17, 15) is 5.11 Å². The minimum Gasteiger partial charge on any atom is -0.491 e. The van der Waals surface area contributed by atoms with Crippen LogP contribution >= 0.6 is 0 Å². The summed E-state index contributed by atoms with van der Waals surface area (Å²) in [6.45, 7) is 5.62. The minimum absolute atomic E-state index is 0.0292. The van der Waals surface area contributed by atoms with Gasteiger partial charge in [0.2, 0.25) is 0 Å². The Kier molecular flexibility index (Phi) is 14.3. The average molecular weight is 489 g/mol. The van der Waals surface area contributed by atoms with Gasteiger partial charge in [-0.05, 0) is 62.1 Å². The first-order valence-corrected chi connectivity index (χ1v) is 13.4. The normalized spacial score (nSPS) is 17.8. The molecule has 2 rings (SSSR count). The maximum absolute atomic E-state index is 9.94. The number of epoxide rings is 1. The van der Waals surface area contributed by atoms with Gasteiger partial charge in [-0.15, -0.1) is 0 Å². The lowest BCUT2D eigenvalue weighted by atomic mass is 9.83. The number of rotatable bonds is 20. The van der Waals surface area contributed by atoms with Crippen molar-refractivity contribution in [3.63, 3.8) is 0 Å². The van der Waals surface area contributed by atoms with E-state index >= 15 is 0 Å². The predicted octanol–water partition coefficient (Wildman–Crippen LogP) is 6.49. The van der Waals surface area contributed by atoms with E-state index < -0.39 is 5.79 Å². The van der Waals surface area contributed by atoms with Crippen molar-refractivity contribution in [1.29, 1.82) is 0 Å². The predicted molar refractivity (Wildman–Crippen MR) is 143 cm³/mol. The molecule has 0 bridgehead atoms. The van der Waals surface area contributed by atoms with E-state index in [-0.39, 0.29) is 18.4 Å². The van der Waals surface area contributed by atoms with Crippen molar-refractivity contribution in [2.45, 2.75) is 83.5 Å². The fourth-order valence-electron chi connectivity index (χ4n) is 4.40. The first kappa shape index (κ1) is 29.6. The Bertz CT molecular complexity index is 728. The minimum atomic E-state index is -0.971. The quantitative estimate of drug-likeness (QED) is 0.0983. The smallest absolute Gasteiger partial charge is 0.194 e. The highest BCUT2D eigenvalue weighted by Crippen LogP contribution is 2.32. The summed E-state index contributed by atoms with van der Waals surface area (Å²) in [6, 6.07) is 8.45. The van der Waals surface area contributed by atoms with Gasteiger partial charge in [-0.2, -0.15) is 0 Å². The van der Waals surface area contributed by atoms with Crippen molar-refractivity contribution in [2.24, 2.45) is 11.8 Å². The maximum Gasteiger partial charge on any atom is 0.194 e. The van der Waals surface area contributed by atoms with Gasteiger partial charge in [0.25, 0.3) is 0 Å². The van der Waals surface area contributed by atoms with Gasteiger partial charge < -0.3 is 24.1 Å². The summed E-state index contributed by atoms with van der Waals surface area (Å²) in [7, 11) is 3.21. The molecular weight excluding hydrogens is 440 g/mol. The Balaban J connectivity index is 1.72. The van der Waals surface area contributed by atoms with Crippen LogP contribution in [-0.2, 0) is 20.6 Å². The molecule has 1 fully saturated rings. The highest BCUT2D eigenvalue weighted by Gasteiger charge is 2.39. The Hall–Kier alpha value is -1.66. The molecule has 0 radical (unpaired) electrons. The maximum atomic E-state index is 9.94. The number of aliphatic hydroxyl groups excluding tert-OH is 1. The number of aliphatic hydroxyl groups is 1. The summed E-state index contributed by atoms with van der Waals surface area (Å²) >= 11 is 0. The average Bonchev–Trinajstić information content (AvgIpc) is 3.72. The van der Waals surface area contributed by atoms with Crippen molar-refractivity contribution in [3.05, 3.63) is 54.1 Å². The summed E-state index contributed by atoms with van der Waals surface area (Å²) in [5.74, 6) is 0.253. The van der Waals surface area contributed by atoms with Crippen LogP contribution in [0.3, 0.4) is 0 Å². The standard InChI is InChI=1S/C30H48O5/c1-5-6-7-13-18-27(25(2)30(24-31,32-3)33-4)19-14-11-9-8-10-12-16-26-17-15-20-28(21-26)34-22-29-23-35-29/h7,13-15,17,19-21,25,27,29,31H,5-6,8-12,16,18,22-24H2,1-4H3/b13-7+,19-14+. The Morgan fingerprint density at radius 3 is 2.54 bits per heavy atom. The van der Waals surface area contributed by atoms with Crippen LogP contribution < -0.4 is 4.74 Å². The molecule has 1 aromatic carbocycles. The van der Waals surface area contributed by atoms with Crippen LogP contribution in [0.4, 0.5) is 0 Å². The number of aryl methyl sites for hydroxylation is 1. The summed E-state index contributed by atoms with van der Waals surface area (Å²) in [5, 5.41) is 9.94. The number of allylic oxidation sites excluding steroid dienone is 4. The molecule has 1 aliphatic heterocycles. The summed E-state index contributed by atoms with van der Waals surface area (Å²) in [4.78, 5) is 0. The highest BCUT2D eigenvalue weighted by atomic mass is 16.7. The van der Waals surface area contributed by atoms with E-state index in [4.69, 9.17) is 18.9 Å². The van der Waals surface area contributed by atoms with Gasteiger partial charge in [-0.1, -0.05) is 69.5 Å². The van der Waals surface area contributed by atoms with Gasteiger partial charge in [-0.25, -0.2) is 0 Å². The first-order valence-electron chi connectivity index (χ1n) is 13.4. The topological polar surface area (TPSA) is 60.5 Å². The zero-order valence-electron chi connectivity index (χ0n) is 22.4. The van der Waals surface area contributed by atoms with Crippen LogP contribution in [0.1, 0.15) is 70.8 Å². The molecule has 0 aliphatic carbocycles. The second-order valence-electron chi connectivity index (χ2n) is 9.62. The van der Waals surface area contributed by atoms with Crippen LogP contribution in [0.5, 0.6) is 5.75 Å². The van der Waals surface area contributed by atoms with E-state index in [0.717, 1.165) is 44.5 Å². The molecule has 198 valence electrons. The number of benzene rings is 1. The number of hydrogen-bond acceptors (Lipinski definition) is 5. The molecular formula is C30H48O5. The van der Waals surface area contributed by atoms with Crippen LogP contribution in [-0.4, -0.2) is 51.0 Å². The molecule has 1 aliphatic rings. The molecule has 1 N–H and O–H groups in total. The van der Waals surface area contributed by atoms with E-state index in [1.807, 2.05) is 6.07 Å². The van der Waals surface area contributed by atoms with E-state index in [0.29, 0.717) is 12.7 Å². The highest BCUT2D eigenvalue weighted by molar-refractivity contribution is 5.28. The van der Waals surface area contributed by atoms with Crippen molar-refractivity contribution >= 4 is 0 Å². The SMILES string of the molecule is CCC/C=C/CC(/C=C/CCCCCCc1cccc(OCC2CO2)c1)C(C)C(CO)(OC)OC. The fourth-order valence-corrected chi connectivity index (χ4v) is 4.40. The Labute approximate surface area is 213 Å². The van der Waals surface area contributed by atoms with Crippen LogP contribution in [0.2, 0.25) is 0 Å². The molecule has 0 spiro atoms. The monoisotopic (exact) mass is 488 g/mol. The second-order valence-corrected chi connectivity index (χ2v) is 9.62. The summed E-state index contributed by atoms with van der Waals surface area (Å²) in [6.07, 6.45) is 19.6. The molecule has 1 saturated heterocycles. The van der Waals surface area contributed by atoms with Crippen LogP contribution in [0, 0.1) is 11.8 Å². The van der Waals surface area contributed by atoms with Gasteiger partial charge >= 0.3 is 0 Å². The van der Waals surface area contributed by atoms with E-state index in [1.54, 1.807) is 14.2 Å². The van der Waals surface area contributed by atoms with Gasteiger partial charge in [0.15, 0.2) is 5.79 Å². The van der Waals surface area contributed by atoms with Gasteiger partial charge in [0.05, 0.1) is 13.2 Å². The van der Waals surface area contributed by atoms with Crippen LogP contribution in [0.15, 0.2) is 48.6 Å². The lowest BCUT2D eigenvalue weighted by Crippen LogP contribution is -2.47. The molecule has 1 aromatic rings. The number of methoxy groups -OCH3 is 2. The van der Waals surface area contributed by atoms with E-state index in [1.165, 1.54) is 31.2 Å². The van der Waals surface area contributed by atoms with Crippen molar-refractivity contribution in [1.82, 2.24) is 0 Å². The molecule has 0 aromatic heterocycles. The molecule has 1 heterocycles. The zero-order valence-corrected chi connectivity index (χ0v) is 22.4. The third-order valence-corrected chi connectivity index (χ3v) is 6.98. The van der Waals surface area contributed by atoms with Gasteiger partial charge in [0, 0.05) is 20.1 Å². The largest absolute Gasteiger partial charge is 0.491 e. The van der Waals surface area contributed by atoms with Crippen LogP contribution in [0.25, 0.3) is 0 Å². The Morgan fingerprint density at radius 2 is 1.86 bits per heavy atom. The zero-order chi connectivity index (χ0) is 25.4. The lowest BCUT2D eigenvalue weighted by molar-refractivity contribution is -0.260. The van der Waals surface area contributed by atoms with Crippen molar-refractivity contribution in [3.8, 4) is 5.75 Å². The molecule has 5 heteroatoms. The summed E-state index contributed by atoms with van der Waals surface area (Å²) < 4.78 is 22.2. The summed E-state index contributed by atoms with van der Waals surface area (Å²) in [5.41, 5.74) is 1.34. The first-order chi connectivity index (χ1) is 17.1. The van der Waals surface area contributed by atoms with Gasteiger partial charge in [-0.3, -0.25) is 0 Å². The van der Waals surface area contributed by atoms with Gasteiger partial charge in [0.1, 0.15) is 18.5 Å². The fraction of sp³-hybridized carbons (Fsp3) is 0.667. The number of hydrogen-bond donors (Lipinski definition) is 1. The molecule has 35 heavy (non-hydrogen) atoms. The van der Waals surface area contributed by atoms with Crippen molar-refractivity contribution in [2.75, 3.05) is 34.0 Å². The number of unbranched alkanes of at least 4 members (excludes halogenated alkanes) is 5. The van der Waals surface area contributed by atoms with Crippen molar-refractivity contribution < 1.29 is 24.1 Å². The number of ether oxygens (including phenoxy) is 4.